The van der Waals surface area contributed by atoms with Crippen molar-refractivity contribution in [2.24, 2.45) is 4.99 Å². The molecule has 1 N–H and O–H groups in total. The number of nitrogens with zero attached hydrogens (tertiary/aromatic N) is 3. The average Bonchev–Trinajstić information content (AvgIpc) is 3.09. The third-order valence-electron chi connectivity index (χ3n) is 5.60. The number of likely N-dealkylation sites (N-methyl/N-ethyl adjacent to an activating group) is 1. The molecule has 0 saturated carbocycles. The van der Waals surface area contributed by atoms with E-state index < -0.39 is 0 Å². The Morgan fingerprint density at radius 1 is 1.10 bits per heavy atom. The maximum atomic E-state index is 13.1. The van der Waals surface area contributed by atoms with Crippen molar-refractivity contribution in [3.05, 3.63) is 68.6 Å². The Balaban J connectivity index is 1.94. The lowest BCUT2D eigenvalue weighted by molar-refractivity contribution is 0.353. The largest absolute Gasteiger partial charge is 0.497 e. The summed E-state index contributed by atoms with van der Waals surface area (Å²) in [6.45, 7) is 1.07. The fourth-order valence-electron chi connectivity index (χ4n) is 4.16. The van der Waals surface area contributed by atoms with Crippen LogP contribution in [0.2, 0.25) is 0 Å². The summed E-state index contributed by atoms with van der Waals surface area (Å²) in [6.07, 6.45) is 0. The lowest BCUT2D eigenvalue weighted by atomic mass is 9.98. The van der Waals surface area contributed by atoms with Gasteiger partial charge in [-0.1, -0.05) is 12.1 Å². The van der Waals surface area contributed by atoms with Crippen LogP contribution >= 0.6 is 0 Å². The van der Waals surface area contributed by atoms with Crippen molar-refractivity contribution in [1.82, 2.24) is 9.47 Å². The van der Waals surface area contributed by atoms with E-state index in [1.54, 1.807) is 7.11 Å². The van der Waals surface area contributed by atoms with E-state index in [0.717, 1.165) is 38.0 Å². The highest BCUT2D eigenvalue weighted by atomic mass is 16.5. The summed E-state index contributed by atoms with van der Waals surface area (Å²) >= 11 is 0. The van der Waals surface area contributed by atoms with E-state index in [1.165, 1.54) is 4.57 Å². The Bertz CT molecular complexity index is 1500. The number of ether oxygens (including phenoxy) is 1. The number of aromatic hydroxyl groups is 1. The first-order chi connectivity index (χ1) is 14.0. The Kier molecular flexibility index (Phi) is 3.86. The van der Waals surface area contributed by atoms with Crippen molar-refractivity contribution in [1.29, 1.82) is 0 Å². The molecule has 0 saturated heterocycles. The molecule has 2 heterocycles. The van der Waals surface area contributed by atoms with Crippen LogP contribution in [0.4, 0.5) is 5.69 Å². The zero-order valence-corrected chi connectivity index (χ0v) is 16.6. The van der Waals surface area contributed by atoms with Crippen molar-refractivity contribution in [2.75, 3.05) is 27.7 Å². The van der Waals surface area contributed by atoms with Crippen LogP contribution < -0.4 is 15.7 Å². The first-order valence-electron chi connectivity index (χ1n) is 9.52. The van der Waals surface area contributed by atoms with Gasteiger partial charge in [0.15, 0.2) is 0 Å². The number of hydrogen-bond donors (Lipinski definition) is 1. The first-order valence-corrected chi connectivity index (χ1v) is 9.52. The van der Waals surface area contributed by atoms with Crippen molar-refractivity contribution in [2.45, 2.75) is 6.54 Å². The lowest BCUT2D eigenvalue weighted by Gasteiger charge is -2.16. The molecule has 4 aromatic rings. The fourth-order valence-corrected chi connectivity index (χ4v) is 4.16. The number of benzene rings is 3. The van der Waals surface area contributed by atoms with Gasteiger partial charge in [-0.2, -0.15) is 0 Å². The molecule has 1 aliphatic rings. The summed E-state index contributed by atoms with van der Waals surface area (Å²) in [6, 6.07) is 13.4. The van der Waals surface area contributed by atoms with Crippen LogP contribution in [0.3, 0.4) is 0 Å². The zero-order valence-electron chi connectivity index (χ0n) is 16.6. The predicted octanol–water partition coefficient (Wildman–Crippen LogP) is 2.70. The number of aromatic nitrogens is 1. The minimum atomic E-state index is -0.174. The molecule has 0 fully saturated rings. The predicted molar refractivity (Wildman–Crippen MR) is 113 cm³/mol. The fraction of sp³-hybridized carbons (Fsp3) is 0.217. The van der Waals surface area contributed by atoms with Crippen LogP contribution in [0.25, 0.3) is 21.5 Å². The molecule has 5 rings (SSSR count). The number of hydrogen-bond acceptors (Lipinski definition) is 5. The molecule has 0 amide bonds. The molecule has 146 valence electrons. The molecule has 6 heteroatoms. The van der Waals surface area contributed by atoms with Crippen molar-refractivity contribution in [3.8, 4) is 11.6 Å². The second-order valence-corrected chi connectivity index (χ2v) is 7.62. The minimum Gasteiger partial charge on any atom is -0.497 e. The van der Waals surface area contributed by atoms with Gasteiger partial charge in [-0.3, -0.25) is 9.36 Å². The Hall–Kier alpha value is -3.38. The Morgan fingerprint density at radius 2 is 1.90 bits per heavy atom. The molecule has 0 aliphatic carbocycles. The van der Waals surface area contributed by atoms with Crippen LogP contribution in [0.15, 0.2) is 52.3 Å². The lowest BCUT2D eigenvalue weighted by Crippen LogP contribution is -2.26. The van der Waals surface area contributed by atoms with E-state index >= 15 is 0 Å². The summed E-state index contributed by atoms with van der Waals surface area (Å²) in [4.78, 5) is 19.9. The van der Waals surface area contributed by atoms with E-state index in [-0.39, 0.29) is 11.4 Å². The molecule has 3 aromatic carbocycles. The van der Waals surface area contributed by atoms with Crippen molar-refractivity contribution < 1.29 is 9.84 Å². The maximum Gasteiger partial charge on any atom is 0.261 e. The molecule has 0 bridgehead atoms. The van der Waals surface area contributed by atoms with E-state index in [4.69, 9.17) is 9.73 Å². The molecule has 6 nitrogen and oxygen atoms in total. The monoisotopic (exact) mass is 387 g/mol. The topological polar surface area (TPSA) is 67.1 Å². The van der Waals surface area contributed by atoms with Crippen LogP contribution in [0.1, 0.15) is 0 Å². The van der Waals surface area contributed by atoms with Crippen LogP contribution in [0, 0.1) is 10.4 Å². The third-order valence-corrected chi connectivity index (χ3v) is 5.60. The smallest absolute Gasteiger partial charge is 0.261 e. The summed E-state index contributed by atoms with van der Waals surface area (Å²) in [5.41, 5.74) is 0.619. The van der Waals surface area contributed by atoms with E-state index in [0.29, 0.717) is 23.9 Å². The van der Waals surface area contributed by atoms with Gasteiger partial charge in [-0.05, 0) is 43.7 Å². The van der Waals surface area contributed by atoms with Crippen LogP contribution in [-0.2, 0) is 6.54 Å². The molecule has 29 heavy (non-hydrogen) atoms. The second-order valence-electron chi connectivity index (χ2n) is 7.62. The number of methoxy groups -OCH3 is 1. The van der Waals surface area contributed by atoms with Gasteiger partial charge in [0.2, 0.25) is 5.88 Å². The second kappa shape index (κ2) is 6.32. The quantitative estimate of drug-likeness (QED) is 0.515. The molecule has 0 spiro atoms. The van der Waals surface area contributed by atoms with E-state index in [1.807, 2.05) is 61.5 Å². The Morgan fingerprint density at radius 3 is 2.66 bits per heavy atom. The number of rotatable bonds is 4. The molecule has 1 aliphatic heterocycles. The third kappa shape index (κ3) is 2.53. The van der Waals surface area contributed by atoms with Crippen molar-refractivity contribution >= 4 is 27.2 Å². The highest BCUT2D eigenvalue weighted by Crippen LogP contribution is 2.37. The SMILES string of the molecule is COc1ccc2c(c1)=Nc1cc3c(O)n(CCN(C)C)c(=O)c4cccc(c1=2)c34. The molecular formula is C23H21N3O3. The van der Waals surface area contributed by atoms with Gasteiger partial charge in [-0.15, -0.1) is 0 Å². The summed E-state index contributed by atoms with van der Waals surface area (Å²) < 4.78 is 6.78. The number of pyridine rings is 1. The van der Waals surface area contributed by atoms with Crippen LogP contribution in [-0.4, -0.2) is 42.3 Å². The standard InChI is InChI=1S/C23H21N3O3/c1-25(2)9-10-26-22(27)16-6-4-5-15-20(16)17(23(26)28)12-19-21(15)14-8-7-13(29-3)11-18(14)24-19/h4-8,11-12,28H,9-10H2,1-3H3. The van der Waals surface area contributed by atoms with Gasteiger partial charge in [-0.25, -0.2) is 4.99 Å². The molecule has 1 aromatic heterocycles. The highest BCUT2D eigenvalue weighted by molar-refractivity contribution is 6.13. The highest BCUT2D eigenvalue weighted by Gasteiger charge is 2.19. The summed E-state index contributed by atoms with van der Waals surface area (Å²) in [7, 11) is 5.52. The van der Waals surface area contributed by atoms with Gasteiger partial charge in [0.05, 0.1) is 18.2 Å². The van der Waals surface area contributed by atoms with Gasteiger partial charge >= 0.3 is 0 Å². The zero-order chi connectivity index (χ0) is 20.3. The summed E-state index contributed by atoms with van der Waals surface area (Å²) in [5, 5.41) is 16.8. The van der Waals surface area contributed by atoms with Gasteiger partial charge in [0.25, 0.3) is 5.56 Å². The molecule has 0 atom stereocenters. The Labute approximate surface area is 166 Å². The van der Waals surface area contributed by atoms with Crippen molar-refractivity contribution in [3.63, 3.8) is 0 Å². The van der Waals surface area contributed by atoms with E-state index in [2.05, 4.69) is 0 Å². The summed E-state index contributed by atoms with van der Waals surface area (Å²) in [5.74, 6) is 0.737. The average molecular weight is 387 g/mol. The van der Waals surface area contributed by atoms with E-state index in [9.17, 15) is 9.90 Å². The first kappa shape index (κ1) is 17.7. The molecule has 0 unspecified atom stereocenters. The van der Waals surface area contributed by atoms with Gasteiger partial charge < -0.3 is 14.7 Å². The van der Waals surface area contributed by atoms with Gasteiger partial charge in [0, 0.05) is 45.8 Å². The molecule has 0 radical (unpaired) electrons. The normalized spacial score (nSPS) is 12.4. The maximum absolute atomic E-state index is 13.1. The minimum absolute atomic E-state index is 0.00733. The number of fused-ring (bicyclic) bond motifs is 3. The van der Waals surface area contributed by atoms with Crippen LogP contribution in [0.5, 0.6) is 11.6 Å². The molecular weight excluding hydrogens is 366 g/mol. The van der Waals surface area contributed by atoms with Gasteiger partial charge in [0.1, 0.15) is 5.75 Å².